The van der Waals surface area contributed by atoms with Gasteiger partial charge >= 0.3 is 0 Å². The number of rotatable bonds is 4. The normalized spacial score (nSPS) is 12.5. The van der Waals surface area contributed by atoms with Gasteiger partial charge in [0.1, 0.15) is 11.6 Å². The van der Waals surface area contributed by atoms with Crippen LogP contribution in [0.3, 0.4) is 0 Å². The molecule has 0 amide bonds. The summed E-state index contributed by atoms with van der Waals surface area (Å²) in [5.41, 5.74) is 2.91. The molecule has 0 radical (unpaired) electrons. The van der Waals surface area contributed by atoms with E-state index in [2.05, 4.69) is 40.8 Å². The van der Waals surface area contributed by atoms with Crippen LogP contribution in [0.2, 0.25) is 0 Å². The third kappa shape index (κ3) is 2.57. The number of phenols is 1. The Hall–Kier alpha value is -2.49. The second kappa shape index (κ2) is 5.48. The van der Waals surface area contributed by atoms with Crippen LogP contribution in [0.5, 0.6) is 5.75 Å². The molecule has 0 spiro atoms. The predicted molar refractivity (Wildman–Crippen MR) is 85.6 cm³/mol. The molecule has 0 aliphatic heterocycles. The highest BCUT2D eigenvalue weighted by Crippen LogP contribution is 2.27. The Morgan fingerprint density at radius 3 is 2.67 bits per heavy atom. The Morgan fingerprint density at radius 2 is 1.95 bits per heavy atom. The third-order valence-electron chi connectivity index (χ3n) is 3.78. The Morgan fingerprint density at radius 1 is 1.19 bits per heavy atom. The van der Waals surface area contributed by atoms with Gasteiger partial charge in [-0.25, -0.2) is 4.98 Å². The number of fused-ring (bicyclic) bond motifs is 1. The van der Waals surface area contributed by atoms with E-state index in [9.17, 15) is 5.11 Å². The van der Waals surface area contributed by atoms with E-state index in [1.807, 2.05) is 24.3 Å². The van der Waals surface area contributed by atoms with Crippen LogP contribution >= 0.6 is 0 Å². The summed E-state index contributed by atoms with van der Waals surface area (Å²) in [5.74, 6) is 1.15. The third-order valence-corrected chi connectivity index (χ3v) is 3.78. The first kappa shape index (κ1) is 13.5. The summed E-state index contributed by atoms with van der Waals surface area (Å²) in [6.45, 7) is 5.17. The number of aromatic nitrogens is 2. The molecule has 108 valence electrons. The number of imidazole rings is 1. The van der Waals surface area contributed by atoms with Gasteiger partial charge in [-0.15, -0.1) is 0 Å². The smallest absolute Gasteiger partial charge is 0.129 e. The van der Waals surface area contributed by atoms with Gasteiger partial charge in [0.15, 0.2) is 0 Å². The fraction of sp³-hybridized carbons (Fsp3) is 0.235. The van der Waals surface area contributed by atoms with Crippen molar-refractivity contribution in [3.8, 4) is 5.75 Å². The van der Waals surface area contributed by atoms with E-state index in [1.165, 1.54) is 5.69 Å². The van der Waals surface area contributed by atoms with Crippen molar-refractivity contribution in [1.82, 2.24) is 9.97 Å². The molecule has 1 atom stereocenters. The molecule has 2 N–H and O–H groups in total. The lowest BCUT2D eigenvalue weighted by atomic mass is 10.2. The maximum absolute atomic E-state index is 9.55. The minimum absolute atomic E-state index is 0.131. The van der Waals surface area contributed by atoms with Gasteiger partial charge in [-0.3, -0.25) is 0 Å². The molecule has 4 heteroatoms. The standard InChI is InChI=1S/C17H19N3O/c1-3-20(13-7-5-4-6-8-13)12(2)17-18-15-10-9-14(21)11-16(15)19-17/h4-12,21H,3H2,1-2H3,(H,18,19). The maximum atomic E-state index is 9.55. The monoisotopic (exact) mass is 281 g/mol. The second-order valence-corrected chi connectivity index (χ2v) is 5.12. The molecule has 0 fully saturated rings. The molecule has 1 unspecified atom stereocenters. The molecule has 0 aliphatic carbocycles. The van der Waals surface area contributed by atoms with Gasteiger partial charge in [-0.05, 0) is 38.1 Å². The summed E-state index contributed by atoms with van der Waals surface area (Å²) >= 11 is 0. The Kier molecular flexibility index (Phi) is 3.52. The fourth-order valence-electron chi connectivity index (χ4n) is 2.66. The van der Waals surface area contributed by atoms with Crippen LogP contribution in [0, 0.1) is 0 Å². The largest absolute Gasteiger partial charge is 0.508 e. The van der Waals surface area contributed by atoms with Gasteiger partial charge < -0.3 is 15.0 Å². The van der Waals surface area contributed by atoms with Crippen LogP contribution in [0.15, 0.2) is 48.5 Å². The number of para-hydroxylation sites is 1. The van der Waals surface area contributed by atoms with E-state index in [4.69, 9.17) is 0 Å². The summed E-state index contributed by atoms with van der Waals surface area (Å²) in [6.07, 6.45) is 0. The first-order chi connectivity index (χ1) is 10.2. The van der Waals surface area contributed by atoms with E-state index in [1.54, 1.807) is 12.1 Å². The highest BCUT2D eigenvalue weighted by Gasteiger charge is 2.18. The van der Waals surface area contributed by atoms with Crippen molar-refractivity contribution in [2.45, 2.75) is 19.9 Å². The van der Waals surface area contributed by atoms with Crippen molar-refractivity contribution in [2.24, 2.45) is 0 Å². The van der Waals surface area contributed by atoms with E-state index in [0.29, 0.717) is 0 Å². The molecule has 0 bridgehead atoms. The molecule has 21 heavy (non-hydrogen) atoms. The summed E-state index contributed by atoms with van der Waals surface area (Å²) in [4.78, 5) is 10.2. The number of nitrogens with zero attached hydrogens (tertiary/aromatic N) is 2. The molecule has 1 heterocycles. The van der Waals surface area contributed by atoms with Gasteiger partial charge in [0.2, 0.25) is 0 Å². The number of H-pyrrole nitrogens is 1. The Labute approximate surface area is 124 Å². The number of benzene rings is 2. The summed E-state index contributed by atoms with van der Waals surface area (Å²) in [5, 5.41) is 9.55. The predicted octanol–water partition coefficient (Wildman–Crippen LogP) is 3.86. The number of hydrogen-bond acceptors (Lipinski definition) is 3. The first-order valence-electron chi connectivity index (χ1n) is 7.19. The van der Waals surface area contributed by atoms with Gasteiger partial charge in [0.25, 0.3) is 0 Å². The van der Waals surface area contributed by atoms with Crippen molar-refractivity contribution in [2.75, 3.05) is 11.4 Å². The number of nitrogens with one attached hydrogen (secondary N) is 1. The minimum atomic E-state index is 0.131. The molecular weight excluding hydrogens is 262 g/mol. The van der Waals surface area contributed by atoms with Crippen LogP contribution in [0.4, 0.5) is 5.69 Å². The molecule has 3 aromatic rings. The highest BCUT2D eigenvalue weighted by atomic mass is 16.3. The van der Waals surface area contributed by atoms with E-state index < -0.39 is 0 Å². The summed E-state index contributed by atoms with van der Waals surface area (Å²) in [7, 11) is 0. The molecule has 1 aromatic heterocycles. The molecule has 0 aliphatic rings. The summed E-state index contributed by atoms with van der Waals surface area (Å²) in [6, 6.07) is 15.6. The Balaban J connectivity index is 1.96. The zero-order valence-corrected chi connectivity index (χ0v) is 12.2. The minimum Gasteiger partial charge on any atom is -0.508 e. The summed E-state index contributed by atoms with van der Waals surface area (Å²) < 4.78 is 0. The first-order valence-corrected chi connectivity index (χ1v) is 7.19. The molecule has 3 rings (SSSR count). The topological polar surface area (TPSA) is 52.1 Å². The van der Waals surface area contributed by atoms with E-state index >= 15 is 0 Å². The average molecular weight is 281 g/mol. The lowest BCUT2D eigenvalue weighted by molar-refractivity contribution is 0.476. The molecule has 0 saturated carbocycles. The number of aromatic hydroxyl groups is 1. The van der Waals surface area contributed by atoms with Crippen LogP contribution in [-0.4, -0.2) is 21.6 Å². The zero-order chi connectivity index (χ0) is 14.8. The van der Waals surface area contributed by atoms with Gasteiger partial charge in [0.05, 0.1) is 17.1 Å². The lowest BCUT2D eigenvalue weighted by Gasteiger charge is -2.28. The quantitative estimate of drug-likeness (QED) is 0.763. The van der Waals surface area contributed by atoms with Crippen molar-refractivity contribution in [3.63, 3.8) is 0 Å². The SMILES string of the molecule is CCN(c1ccccc1)C(C)c1nc2ccc(O)cc2[nH]1. The average Bonchev–Trinajstić information content (AvgIpc) is 2.92. The van der Waals surface area contributed by atoms with E-state index in [0.717, 1.165) is 23.4 Å². The van der Waals surface area contributed by atoms with Crippen molar-refractivity contribution >= 4 is 16.7 Å². The molecule has 4 nitrogen and oxygen atoms in total. The zero-order valence-electron chi connectivity index (χ0n) is 12.2. The number of aromatic amines is 1. The number of anilines is 1. The van der Waals surface area contributed by atoms with Crippen LogP contribution in [0.1, 0.15) is 25.7 Å². The Bertz CT molecular complexity index is 736. The van der Waals surface area contributed by atoms with Crippen molar-refractivity contribution in [1.29, 1.82) is 0 Å². The lowest BCUT2D eigenvalue weighted by Crippen LogP contribution is -2.27. The van der Waals surface area contributed by atoms with Gasteiger partial charge in [-0.1, -0.05) is 18.2 Å². The second-order valence-electron chi connectivity index (χ2n) is 5.12. The molecule has 2 aromatic carbocycles. The molecular formula is C17H19N3O. The van der Waals surface area contributed by atoms with Gasteiger partial charge in [-0.2, -0.15) is 0 Å². The fourth-order valence-corrected chi connectivity index (χ4v) is 2.66. The van der Waals surface area contributed by atoms with Crippen molar-refractivity contribution < 1.29 is 5.11 Å². The maximum Gasteiger partial charge on any atom is 0.129 e. The van der Waals surface area contributed by atoms with Crippen LogP contribution in [-0.2, 0) is 0 Å². The van der Waals surface area contributed by atoms with Crippen molar-refractivity contribution in [3.05, 3.63) is 54.4 Å². The van der Waals surface area contributed by atoms with Crippen LogP contribution < -0.4 is 4.90 Å². The van der Waals surface area contributed by atoms with Crippen LogP contribution in [0.25, 0.3) is 11.0 Å². The van der Waals surface area contributed by atoms with Gasteiger partial charge in [0, 0.05) is 18.3 Å². The highest BCUT2D eigenvalue weighted by molar-refractivity contribution is 5.76. The number of phenolic OH excluding ortho intramolecular Hbond substituents is 1. The molecule has 0 saturated heterocycles. The number of hydrogen-bond donors (Lipinski definition) is 2. The van der Waals surface area contributed by atoms with E-state index in [-0.39, 0.29) is 11.8 Å².